The highest BCUT2D eigenvalue weighted by Gasteiger charge is 2.14. The molecule has 2 aromatic heterocycles. The minimum Gasteiger partial charge on any atom is -0.326 e. The summed E-state index contributed by atoms with van der Waals surface area (Å²) < 4.78 is 4.41. The molecule has 0 atom stereocenters. The molecule has 2 heterocycles. The molecule has 0 radical (unpaired) electrons. The van der Waals surface area contributed by atoms with E-state index in [-0.39, 0.29) is 0 Å². The van der Waals surface area contributed by atoms with Crippen molar-refractivity contribution >= 4 is 0 Å². The molecule has 4 aromatic rings. The number of imidazole rings is 1. The van der Waals surface area contributed by atoms with Crippen LogP contribution in [0.2, 0.25) is 0 Å². The maximum atomic E-state index is 5.83. The van der Waals surface area contributed by atoms with Gasteiger partial charge in [-0.05, 0) is 60.4 Å². The van der Waals surface area contributed by atoms with Gasteiger partial charge in [-0.25, -0.2) is 4.98 Å². The van der Waals surface area contributed by atoms with Crippen LogP contribution in [0.5, 0.6) is 0 Å². The van der Waals surface area contributed by atoms with E-state index in [1.165, 1.54) is 28.2 Å². The predicted octanol–water partition coefficient (Wildman–Crippen LogP) is 5.05. The Labute approximate surface area is 166 Å². The van der Waals surface area contributed by atoms with Crippen molar-refractivity contribution in [2.45, 2.75) is 33.2 Å². The summed E-state index contributed by atoms with van der Waals surface area (Å²) >= 11 is 0. The lowest BCUT2D eigenvalue weighted by molar-refractivity contribution is 0.843. The molecule has 4 nitrogen and oxygen atoms in total. The molecule has 0 aliphatic carbocycles. The number of nitrogens with zero attached hydrogens (tertiary/aromatic N) is 3. The van der Waals surface area contributed by atoms with Crippen molar-refractivity contribution < 1.29 is 0 Å². The molecule has 0 fully saturated rings. The van der Waals surface area contributed by atoms with Crippen LogP contribution in [0.15, 0.2) is 73.3 Å². The first-order chi connectivity index (χ1) is 13.7. The summed E-state index contributed by atoms with van der Waals surface area (Å²) in [5, 5.41) is 0. The summed E-state index contributed by atoms with van der Waals surface area (Å²) in [6, 6.07) is 19.6. The molecule has 2 N–H and O–H groups in total. The zero-order chi connectivity index (χ0) is 19.5. The molecule has 4 rings (SSSR count). The Morgan fingerprint density at radius 1 is 1.00 bits per heavy atom. The molecule has 4 heteroatoms. The highest BCUT2D eigenvalue weighted by Crippen LogP contribution is 2.30. The van der Waals surface area contributed by atoms with Gasteiger partial charge in [0, 0.05) is 36.0 Å². The second kappa shape index (κ2) is 7.87. The topological polar surface area (TPSA) is 48.8 Å². The van der Waals surface area contributed by atoms with Gasteiger partial charge in [0.15, 0.2) is 0 Å². The molecule has 142 valence electrons. The Hall–Kier alpha value is -3.11. The zero-order valence-electron chi connectivity index (χ0n) is 16.5. The largest absolute Gasteiger partial charge is 0.326 e. The van der Waals surface area contributed by atoms with Gasteiger partial charge in [0.2, 0.25) is 0 Å². The lowest BCUT2D eigenvalue weighted by Gasteiger charge is -2.17. The fourth-order valence-corrected chi connectivity index (χ4v) is 3.75. The van der Waals surface area contributed by atoms with Gasteiger partial charge in [0.1, 0.15) is 0 Å². The molecule has 0 saturated heterocycles. The second-order valence-corrected chi connectivity index (χ2v) is 7.14. The zero-order valence-corrected chi connectivity index (χ0v) is 16.5. The molecule has 0 saturated carbocycles. The van der Waals surface area contributed by atoms with E-state index in [2.05, 4.69) is 78.0 Å². The molecule has 0 amide bonds. The minimum atomic E-state index is 0.567. The average molecular weight is 371 g/mol. The van der Waals surface area contributed by atoms with Gasteiger partial charge in [-0.3, -0.25) is 0 Å². The van der Waals surface area contributed by atoms with E-state index in [0.29, 0.717) is 6.54 Å². The Morgan fingerprint density at radius 2 is 1.82 bits per heavy atom. The Balaban J connectivity index is 1.80. The number of rotatable bonds is 6. The highest BCUT2D eigenvalue weighted by molar-refractivity contribution is 5.66. The van der Waals surface area contributed by atoms with Crippen molar-refractivity contribution in [3.63, 3.8) is 0 Å². The first-order valence-corrected chi connectivity index (χ1v) is 9.80. The third kappa shape index (κ3) is 3.39. The van der Waals surface area contributed by atoms with Crippen molar-refractivity contribution in [1.29, 1.82) is 0 Å². The number of hydrogen-bond donors (Lipinski definition) is 1. The Kier molecular flexibility index (Phi) is 5.13. The maximum Gasteiger partial charge on any atom is 0.0991 e. The van der Waals surface area contributed by atoms with Gasteiger partial charge in [-0.1, -0.05) is 37.6 Å². The van der Waals surface area contributed by atoms with E-state index < -0.39 is 0 Å². The summed E-state index contributed by atoms with van der Waals surface area (Å²) in [6.45, 7) is 4.95. The lowest BCUT2D eigenvalue weighted by Crippen LogP contribution is -2.05. The predicted molar refractivity (Wildman–Crippen MR) is 115 cm³/mol. The van der Waals surface area contributed by atoms with E-state index in [9.17, 15) is 0 Å². The minimum absolute atomic E-state index is 0.567. The fourth-order valence-electron chi connectivity index (χ4n) is 3.75. The van der Waals surface area contributed by atoms with Crippen LogP contribution in [0, 0.1) is 6.92 Å². The molecular formula is C24H26N4. The van der Waals surface area contributed by atoms with Gasteiger partial charge in [-0.2, -0.15) is 0 Å². The first-order valence-electron chi connectivity index (χ1n) is 9.80. The number of aromatic nitrogens is 3. The Bertz CT molecular complexity index is 1060. The molecule has 0 spiro atoms. The van der Waals surface area contributed by atoms with Gasteiger partial charge >= 0.3 is 0 Å². The van der Waals surface area contributed by atoms with Crippen molar-refractivity contribution in [3.8, 4) is 22.6 Å². The van der Waals surface area contributed by atoms with E-state index in [4.69, 9.17) is 5.73 Å². The molecule has 0 aliphatic rings. The molecule has 2 aromatic carbocycles. The van der Waals surface area contributed by atoms with E-state index >= 15 is 0 Å². The quantitative estimate of drug-likeness (QED) is 0.516. The fraction of sp³-hybridized carbons (Fsp3) is 0.208. The van der Waals surface area contributed by atoms with Crippen LogP contribution in [0.25, 0.3) is 22.6 Å². The second-order valence-electron chi connectivity index (χ2n) is 7.14. The van der Waals surface area contributed by atoms with Crippen LogP contribution in [-0.2, 0) is 13.0 Å². The summed E-state index contributed by atoms with van der Waals surface area (Å²) in [4.78, 5) is 4.13. The smallest absolute Gasteiger partial charge is 0.0991 e. The van der Waals surface area contributed by atoms with Crippen molar-refractivity contribution in [3.05, 3.63) is 90.1 Å². The van der Waals surface area contributed by atoms with Crippen LogP contribution in [0.1, 0.15) is 30.2 Å². The monoisotopic (exact) mass is 370 g/mol. The average Bonchev–Trinajstić information content (AvgIpc) is 3.39. The molecule has 0 unspecified atom stereocenters. The van der Waals surface area contributed by atoms with Crippen molar-refractivity contribution in [2.24, 2.45) is 5.73 Å². The van der Waals surface area contributed by atoms with Gasteiger partial charge in [0.25, 0.3) is 0 Å². The van der Waals surface area contributed by atoms with Crippen LogP contribution < -0.4 is 5.73 Å². The van der Waals surface area contributed by atoms with Crippen LogP contribution in [0.4, 0.5) is 0 Å². The number of hydrogen-bond acceptors (Lipinski definition) is 2. The third-order valence-corrected chi connectivity index (χ3v) is 5.17. The SMILES string of the molecule is CCCc1ccc(-c2ccc(-n3ccnc3)cc2)n1-c1ccc(CN)cc1C. The molecule has 0 aliphatic heterocycles. The van der Waals surface area contributed by atoms with Gasteiger partial charge < -0.3 is 14.9 Å². The van der Waals surface area contributed by atoms with Gasteiger partial charge in [0.05, 0.1) is 12.0 Å². The number of nitrogens with two attached hydrogens (primary N) is 1. The standard InChI is InChI=1S/C24H26N4/c1-3-4-22-10-12-24(28(22)23-11-5-19(16-25)15-18(23)2)20-6-8-21(9-7-20)27-14-13-26-17-27/h5-15,17H,3-4,16,25H2,1-2H3. The van der Waals surface area contributed by atoms with Gasteiger partial charge in [-0.15, -0.1) is 0 Å². The summed E-state index contributed by atoms with van der Waals surface area (Å²) in [7, 11) is 0. The normalized spacial score (nSPS) is 11.1. The van der Waals surface area contributed by atoms with Crippen LogP contribution in [0.3, 0.4) is 0 Å². The highest BCUT2D eigenvalue weighted by atomic mass is 15.0. The summed E-state index contributed by atoms with van der Waals surface area (Å²) in [5.41, 5.74) is 14.3. The molecule has 28 heavy (non-hydrogen) atoms. The van der Waals surface area contributed by atoms with E-state index in [1.54, 1.807) is 6.20 Å². The molecule has 0 bridgehead atoms. The summed E-state index contributed by atoms with van der Waals surface area (Å²) in [6.07, 6.45) is 7.73. The first kappa shape index (κ1) is 18.3. The third-order valence-electron chi connectivity index (χ3n) is 5.17. The lowest BCUT2D eigenvalue weighted by atomic mass is 10.1. The summed E-state index contributed by atoms with van der Waals surface area (Å²) in [5.74, 6) is 0. The van der Waals surface area contributed by atoms with E-state index in [0.717, 1.165) is 24.1 Å². The Morgan fingerprint density at radius 3 is 2.46 bits per heavy atom. The van der Waals surface area contributed by atoms with E-state index in [1.807, 2.05) is 17.1 Å². The maximum absolute atomic E-state index is 5.83. The van der Waals surface area contributed by atoms with Crippen LogP contribution in [-0.4, -0.2) is 14.1 Å². The van der Waals surface area contributed by atoms with Crippen molar-refractivity contribution in [1.82, 2.24) is 14.1 Å². The number of benzene rings is 2. The number of aryl methyl sites for hydroxylation is 2. The van der Waals surface area contributed by atoms with Crippen LogP contribution >= 0.6 is 0 Å². The molecular weight excluding hydrogens is 344 g/mol. The van der Waals surface area contributed by atoms with Crippen molar-refractivity contribution in [2.75, 3.05) is 0 Å².